The molecule has 2 heterocycles. The largest absolute Gasteiger partial charge is 0.382 e. The van der Waals surface area contributed by atoms with Gasteiger partial charge in [-0.15, -0.1) is 11.3 Å². The van der Waals surface area contributed by atoms with Crippen LogP contribution in [0.3, 0.4) is 0 Å². The average molecular weight is 431 g/mol. The summed E-state index contributed by atoms with van der Waals surface area (Å²) in [5.41, 5.74) is 8.54. The molecule has 0 radical (unpaired) electrons. The van der Waals surface area contributed by atoms with Crippen molar-refractivity contribution in [1.29, 1.82) is 0 Å². The summed E-state index contributed by atoms with van der Waals surface area (Å²) in [6.07, 6.45) is 1.64. The number of nitrogens with one attached hydrogen (secondary N) is 1. The van der Waals surface area contributed by atoms with Gasteiger partial charge in [0.25, 0.3) is 0 Å². The Balaban J connectivity index is 1.56. The molecule has 4 rings (SSSR count). The number of nitrogens with zero attached hydrogens (tertiary/aromatic N) is 2. The van der Waals surface area contributed by atoms with Gasteiger partial charge in [-0.3, -0.25) is 4.21 Å². The van der Waals surface area contributed by atoms with Crippen molar-refractivity contribution in [2.45, 2.75) is 4.90 Å². The van der Waals surface area contributed by atoms with Gasteiger partial charge in [-0.2, -0.15) is 0 Å². The van der Waals surface area contributed by atoms with Crippen molar-refractivity contribution < 1.29 is 8.60 Å². The monoisotopic (exact) mass is 430 g/mol. The molecule has 1 unspecified atom stereocenters. The molecule has 0 spiro atoms. The molecular weight excluding hydrogens is 415 g/mol. The van der Waals surface area contributed by atoms with Crippen molar-refractivity contribution in [3.8, 4) is 21.1 Å². The Labute approximate surface area is 171 Å². The van der Waals surface area contributed by atoms with Gasteiger partial charge in [0.05, 0.1) is 5.69 Å². The number of anilines is 3. The lowest BCUT2D eigenvalue weighted by Gasteiger charge is -2.03. The molecule has 2 aromatic heterocycles. The van der Waals surface area contributed by atoms with Gasteiger partial charge in [0.15, 0.2) is 5.13 Å². The number of benzene rings is 2. The molecule has 142 valence electrons. The summed E-state index contributed by atoms with van der Waals surface area (Å²) in [5.74, 6) is 0.124. The fourth-order valence-electron chi connectivity index (χ4n) is 2.52. The van der Waals surface area contributed by atoms with Crippen LogP contribution in [-0.2, 0) is 10.8 Å². The van der Waals surface area contributed by atoms with Crippen molar-refractivity contribution in [3.05, 3.63) is 59.7 Å². The second-order valence-electron chi connectivity index (χ2n) is 5.88. The van der Waals surface area contributed by atoms with E-state index in [0.717, 1.165) is 31.7 Å². The Kier molecular flexibility index (Phi) is 5.21. The van der Waals surface area contributed by atoms with Crippen LogP contribution in [0.5, 0.6) is 0 Å². The SMILES string of the molecule is CS(=O)c1ccc(Nc2nc(N)c(-c3nc(-c4ccc(F)cc4)cs3)s2)cc1. The molecule has 0 aliphatic rings. The molecule has 0 aliphatic carbocycles. The van der Waals surface area contributed by atoms with Crippen LogP contribution in [0, 0.1) is 5.82 Å². The van der Waals surface area contributed by atoms with Gasteiger partial charge in [0, 0.05) is 38.6 Å². The lowest BCUT2D eigenvalue weighted by Crippen LogP contribution is -1.92. The zero-order valence-corrected chi connectivity index (χ0v) is 17.1. The minimum absolute atomic E-state index is 0.278. The van der Waals surface area contributed by atoms with Crippen LogP contribution in [0.25, 0.3) is 21.1 Å². The molecule has 3 N–H and O–H groups in total. The fourth-order valence-corrected chi connectivity index (χ4v) is 4.88. The molecule has 9 heteroatoms. The van der Waals surface area contributed by atoms with E-state index in [-0.39, 0.29) is 5.82 Å². The first-order valence-electron chi connectivity index (χ1n) is 8.18. The summed E-state index contributed by atoms with van der Waals surface area (Å²) in [5, 5.41) is 6.54. The van der Waals surface area contributed by atoms with Gasteiger partial charge >= 0.3 is 0 Å². The van der Waals surface area contributed by atoms with E-state index in [9.17, 15) is 8.60 Å². The molecule has 0 amide bonds. The van der Waals surface area contributed by atoms with Gasteiger partial charge in [-0.1, -0.05) is 11.3 Å². The summed E-state index contributed by atoms with van der Waals surface area (Å²) in [7, 11) is -1.01. The number of hydrogen-bond acceptors (Lipinski definition) is 7. The predicted octanol–water partition coefficient (Wildman–Crippen LogP) is 5.14. The summed E-state index contributed by atoms with van der Waals surface area (Å²) in [6, 6.07) is 13.5. The van der Waals surface area contributed by atoms with Gasteiger partial charge in [-0.05, 0) is 48.5 Å². The highest BCUT2D eigenvalue weighted by atomic mass is 32.2. The number of halogens is 1. The van der Waals surface area contributed by atoms with Crippen LogP contribution in [0.15, 0.2) is 58.8 Å². The number of aromatic nitrogens is 2. The molecule has 0 bridgehead atoms. The zero-order valence-electron chi connectivity index (χ0n) is 14.7. The van der Waals surface area contributed by atoms with Crippen LogP contribution in [0.2, 0.25) is 0 Å². The van der Waals surface area contributed by atoms with Crippen LogP contribution in [0.4, 0.5) is 21.0 Å². The first-order valence-corrected chi connectivity index (χ1v) is 11.4. The molecular formula is C19H15FN4OS3. The van der Waals surface area contributed by atoms with Crippen LogP contribution < -0.4 is 11.1 Å². The highest BCUT2D eigenvalue weighted by molar-refractivity contribution is 7.84. The number of thiazole rings is 2. The molecule has 0 fully saturated rings. The van der Waals surface area contributed by atoms with Gasteiger partial charge in [0.2, 0.25) is 0 Å². The summed E-state index contributed by atoms with van der Waals surface area (Å²) in [4.78, 5) is 10.5. The average Bonchev–Trinajstić information content (AvgIpc) is 3.29. The van der Waals surface area contributed by atoms with Crippen molar-refractivity contribution in [2.75, 3.05) is 17.3 Å². The Hall–Kier alpha value is -2.62. The zero-order chi connectivity index (χ0) is 19.7. The van der Waals surface area contributed by atoms with Crippen LogP contribution in [0.1, 0.15) is 0 Å². The summed E-state index contributed by atoms with van der Waals surface area (Å²) in [6.45, 7) is 0. The molecule has 2 aromatic carbocycles. The van der Waals surface area contributed by atoms with E-state index in [1.165, 1.54) is 34.8 Å². The first kappa shape index (κ1) is 18.7. The number of hydrogen-bond donors (Lipinski definition) is 2. The smallest absolute Gasteiger partial charge is 0.189 e. The first-order chi connectivity index (χ1) is 13.5. The third-order valence-corrected chi connectivity index (χ3v) is 6.85. The Morgan fingerprint density at radius 1 is 1.07 bits per heavy atom. The van der Waals surface area contributed by atoms with Crippen molar-refractivity contribution >= 4 is 50.1 Å². The molecule has 4 aromatic rings. The highest BCUT2D eigenvalue weighted by Gasteiger charge is 2.15. The van der Waals surface area contributed by atoms with Crippen LogP contribution >= 0.6 is 22.7 Å². The second kappa shape index (κ2) is 7.78. The lowest BCUT2D eigenvalue weighted by atomic mass is 10.2. The normalized spacial score (nSPS) is 12.1. The fraction of sp³-hybridized carbons (Fsp3) is 0.0526. The van der Waals surface area contributed by atoms with E-state index < -0.39 is 10.8 Å². The van der Waals surface area contributed by atoms with E-state index in [2.05, 4.69) is 15.3 Å². The summed E-state index contributed by atoms with van der Waals surface area (Å²) < 4.78 is 24.6. The molecule has 28 heavy (non-hydrogen) atoms. The Bertz CT molecular complexity index is 1140. The molecule has 5 nitrogen and oxygen atoms in total. The number of nitrogen functional groups attached to an aromatic ring is 1. The number of nitrogens with two attached hydrogens (primary N) is 1. The van der Waals surface area contributed by atoms with Gasteiger partial charge < -0.3 is 11.1 Å². The van der Waals surface area contributed by atoms with Crippen molar-refractivity contribution in [3.63, 3.8) is 0 Å². The quantitative estimate of drug-likeness (QED) is 0.458. The Morgan fingerprint density at radius 3 is 2.46 bits per heavy atom. The second-order valence-corrected chi connectivity index (χ2v) is 9.12. The maximum Gasteiger partial charge on any atom is 0.189 e. The maximum atomic E-state index is 13.1. The molecule has 0 aliphatic heterocycles. The third kappa shape index (κ3) is 3.96. The van der Waals surface area contributed by atoms with E-state index in [1.807, 2.05) is 29.6 Å². The summed E-state index contributed by atoms with van der Waals surface area (Å²) >= 11 is 2.87. The van der Waals surface area contributed by atoms with Crippen molar-refractivity contribution in [1.82, 2.24) is 9.97 Å². The molecule has 0 saturated heterocycles. The van der Waals surface area contributed by atoms with Crippen molar-refractivity contribution in [2.24, 2.45) is 0 Å². The van der Waals surface area contributed by atoms with E-state index in [1.54, 1.807) is 18.4 Å². The third-order valence-electron chi connectivity index (χ3n) is 3.93. The van der Waals surface area contributed by atoms with E-state index >= 15 is 0 Å². The molecule has 1 atom stereocenters. The number of rotatable bonds is 5. The lowest BCUT2D eigenvalue weighted by molar-refractivity contribution is 0.628. The maximum absolute atomic E-state index is 13.1. The topological polar surface area (TPSA) is 80.9 Å². The minimum atomic E-state index is -1.01. The molecule has 0 saturated carbocycles. The Morgan fingerprint density at radius 2 is 1.79 bits per heavy atom. The van der Waals surface area contributed by atoms with E-state index in [4.69, 9.17) is 5.73 Å². The van der Waals surface area contributed by atoms with Gasteiger partial charge in [-0.25, -0.2) is 14.4 Å². The highest BCUT2D eigenvalue weighted by Crippen LogP contribution is 2.39. The standard InChI is InChI=1S/C19H15FN4OS3/c1-28(25)14-8-6-13(7-9-14)22-19-24-17(21)16(27-19)18-23-15(10-26-18)11-2-4-12(20)5-3-11/h2-10H,21H2,1H3,(H,22,24). The van der Waals surface area contributed by atoms with Crippen LogP contribution in [-0.4, -0.2) is 20.4 Å². The predicted molar refractivity (Wildman–Crippen MR) is 115 cm³/mol. The minimum Gasteiger partial charge on any atom is -0.382 e. The van der Waals surface area contributed by atoms with E-state index in [0.29, 0.717) is 10.9 Å². The van der Waals surface area contributed by atoms with Gasteiger partial charge in [0.1, 0.15) is 21.5 Å².